The zero-order valence-corrected chi connectivity index (χ0v) is 10.8. The van der Waals surface area contributed by atoms with Crippen molar-refractivity contribution in [3.63, 3.8) is 0 Å². The van der Waals surface area contributed by atoms with E-state index in [1.807, 2.05) is 0 Å². The number of hydrogen-bond acceptors (Lipinski definition) is 4. The molecule has 0 saturated heterocycles. The normalized spacial score (nSPS) is 10.1. The predicted molar refractivity (Wildman–Crippen MR) is 73.4 cm³/mol. The van der Waals surface area contributed by atoms with E-state index in [1.54, 1.807) is 18.2 Å². The minimum Gasteiger partial charge on any atom is -0.494 e. The highest BCUT2D eigenvalue weighted by Gasteiger charge is 2.12. The van der Waals surface area contributed by atoms with E-state index >= 15 is 0 Å². The molecular formula is C14H13FN2O3. The lowest BCUT2D eigenvalue weighted by atomic mass is 10.1. The van der Waals surface area contributed by atoms with Gasteiger partial charge in [0.25, 0.3) is 5.69 Å². The summed E-state index contributed by atoms with van der Waals surface area (Å²) in [5.41, 5.74) is 1.16. The average molecular weight is 276 g/mol. The molecule has 2 rings (SSSR count). The Kier molecular flexibility index (Phi) is 4.14. The number of halogens is 1. The average Bonchev–Trinajstić information content (AvgIpc) is 2.46. The molecule has 0 aliphatic carbocycles. The summed E-state index contributed by atoms with van der Waals surface area (Å²) in [4.78, 5) is 10.5. The molecule has 5 nitrogen and oxygen atoms in total. The molecule has 0 fully saturated rings. The van der Waals surface area contributed by atoms with Gasteiger partial charge in [-0.3, -0.25) is 10.1 Å². The number of para-hydroxylation sites is 1. The van der Waals surface area contributed by atoms with E-state index in [-0.39, 0.29) is 12.2 Å². The van der Waals surface area contributed by atoms with Crippen LogP contribution in [0.5, 0.6) is 5.75 Å². The molecule has 0 spiro atoms. The van der Waals surface area contributed by atoms with Crippen LogP contribution in [0.4, 0.5) is 15.8 Å². The fraction of sp³-hybridized carbons (Fsp3) is 0.143. The number of benzene rings is 2. The van der Waals surface area contributed by atoms with Crippen LogP contribution in [0, 0.1) is 15.9 Å². The number of nitrogens with zero attached hydrogens (tertiary/aromatic N) is 1. The van der Waals surface area contributed by atoms with Gasteiger partial charge in [0, 0.05) is 24.2 Å². The molecule has 1 N–H and O–H groups in total. The third kappa shape index (κ3) is 3.03. The second-order valence-corrected chi connectivity index (χ2v) is 4.08. The van der Waals surface area contributed by atoms with Crippen LogP contribution >= 0.6 is 0 Å². The largest absolute Gasteiger partial charge is 0.494 e. The molecule has 6 heteroatoms. The van der Waals surface area contributed by atoms with Gasteiger partial charge < -0.3 is 10.1 Å². The van der Waals surface area contributed by atoms with Crippen molar-refractivity contribution in [2.45, 2.75) is 6.54 Å². The van der Waals surface area contributed by atoms with Gasteiger partial charge in [0.1, 0.15) is 11.6 Å². The Bertz CT molecular complexity index is 632. The molecule has 0 aromatic heterocycles. The smallest absolute Gasteiger partial charge is 0.274 e. The number of methoxy groups -OCH3 is 1. The molecule has 104 valence electrons. The highest BCUT2D eigenvalue weighted by Crippen LogP contribution is 2.26. The van der Waals surface area contributed by atoms with Crippen LogP contribution in [0.3, 0.4) is 0 Å². The third-order valence-electron chi connectivity index (χ3n) is 2.82. The first-order chi connectivity index (χ1) is 9.61. The van der Waals surface area contributed by atoms with Crippen LogP contribution in [0.1, 0.15) is 5.56 Å². The second kappa shape index (κ2) is 6.01. The number of nitro groups is 1. The maximum Gasteiger partial charge on any atom is 0.274 e. The predicted octanol–water partition coefficient (Wildman–Crippen LogP) is 3.35. The minimum atomic E-state index is -0.432. The summed E-state index contributed by atoms with van der Waals surface area (Å²) in [6, 6.07) is 10.5. The van der Waals surface area contributed by atoms with Gasteiger partial charge >= 0.3 is 0 Å². The van der Waals surface area contributed by atoms with E-state index in [4.69, 9.17) is 4.74 Å². The summed E-state index contributed by atoms with van der Waals surface area (Å²) >= 11 is 0. The van der Waals surface area contributed by atoms with Gasteiger partial charge in [0.15, 0.2) is 0 Å². The Hall–Kier alpha value is -2.63. The summed E-state index contributed by atoms with van der Waals surface area (Å²) < 4.78 is 18.1. The topological polar surface area (TPSA) is 64.4 Å². The first kappa shape index (κ1) is 13.8. The summed E-state index contributed by atoms with van der Waals surface area (Å²) in [6.45, 7) is 0.249. The summed E-state index contributed by atoms with van der Waals surface area (Å²) in [6.07, 6.45) is 0. The Labute approximate surface area is 115 Å². The minimum absolute atomic E-state index is 0.0427. The zero-order valence-electron chi connectivity index (χ0n) is 10.8. The molecule has 20 heavy (non-hydrogen) atoms. The van der Waals surface area contributed by atoms with Gasteiger partial charge in [-0.1, -0.05) is 18.2 Å². The van der Waals surface area contributed by atoms with E-state index in [0.717, 1.165) is 0 Å². The SMILES string of the molecule is COc1cc(F)ccc1NCc1ccccc1[N+](=O)[O-]. The van der Waals surface area contributed by atoms with Crippen molar-refractivity contribution in [3.8, 4) is 5.75 Å². The lowest BCUT2D eigenvalue weighted by Crippen LogP contribution is -2.04. The molecule has 0 amide bonds. The number of anilines is 1. The Morgan fingerprint density at radius 1 is 1.30 bits per heavy atom. The molecule has 0 atom stereocenters. The van der Waals surface area contributed by atoms with Crippen molar-refractivity contribution in [2.75, 3.05) is 12.4 Å². The van der Waals surface area contributed by atoms with Gasteiger partial charge in [0.2, 0.25) is 0 Å². The van der Waals surface area contributed by atoms with Gasteiger partial charge in [-0.05, 0) is 12.1 Å². The fourth-order valence-corrected chi connectivity index (χ4v) is 1.84. The molecular weight excluding hydrogens is 263 g/mol. The Morgan fingerprint density at radius 2 is 2.05 bits per heavy atom. The van der Waals surface area contributed by atoms with E-state index in [1.165, 1.54) is 31.4 Å². The summed E-state index contributed by atoms with van der Waals surface area (Å²) in [5, 5.41) is 13.9. The first-order valence-electron chi connectivity index (χ1n) is 5.91. The lowest BCUT2D eigenvalue weighted by Gasteiger charge is -2.11. The van der Waals surface area contributed by atoms with E-state index in [2.05, 4.69) is 5.32 Å². The van der Waals surface area contributed by atoms with E-state index in [0.29, 0.717) is 17.0 Å². The summed E-state index contributed by atoms with van der Waals surface area (Å²) in [7, 11) is 1.44. The third-order valence-corrected chi connectivity index (χ3v) is 2.82. The Morgan fingerprint density at radius 3 is 2.75 bits per heavy atom. The standard InChI is InChI=1S/C14H13FN2O3/c1-20-14-8-11(15)6-7-12(14)16-9-10-4-2-3-5-13(10)17(18)19/h2-8,16H,9H2,1H3. The van der Waals surface area contributed by atoms with Crippen molar-refractivity contribution in [1.82, 2.24) is 0 Å². The van der Waals surface area contributed by atoms with Crippen molar-refractivity contribution in [1.29, 1.82) is 0 Å². The van der Waals surface area contributed by atoms with Crippen molar-refractivity contribution in [2.24, 2.45) is 0 Å². The van der Waals surface area contributed by atoms with Crippen LogP contribution in [0.2, 0.25) is 0 Å². The highest BCUT2D eigenvalue weighted by atomic mass is 19.1. The van der Waals surface area contributed by atoms with Gasteiger partial charge in [-0.15, -0.1) is 0 Å². The van der Waals surface area contributed by atoms with E-state index in [9.17, 15) is 14.5 Å². The maximum atomic E-state index is 13.1. The first-order valence-corrected chi connectivity index (χ1v) is 5.91. The molecule has 0 unspecified atom stereocenters. The second-order valence-electron chi connectivity index (χ2n) is 4.08. The number of nitrogens with one attached hydrogen (secondary N) is 1. The summed E-state index contributed by atoms with van der Waals surface area (Å²) in [5.74, 6) is -0.0540. The van der Waals surface area contributed by atoms with E-state index < -0.39 is 10.7 Å². The number of nitro benzene ring substituents is 1. The molecule has 2 aromatic carbocycles. The van der Waals surface area contributed by atoms with Crippen molar-refractivity contribution < 1.29 is 14.1 Å². The quantitative estimate of drug-likeness (QED) is 0.671. The Balaban J connectivity index is 2.19. The number of rotatable bonds is 5. The number of ether oxygens (including phenoxy) is 1. The van der Waals surface area contributed by atoms with Crippen LogP contribution in [-0.4, -0.2) is 12.0 Å². The number of hydrogen-bond donors (Lipinski definition) is 1. The molecule has 2 aromatic rings. The van der Waals surface area contributed by atoms with Crippen molar-refractivity contribution in [3.05, 3.63) is 64.0 Å². The molecule has 0 aliphatic rings. The van der Waals surface area contributed by atoms with Crippen LogP contribution in [0.15, 0.2) is 42.5 Å². The molecule has 0 aliphatic heterocycles. The molecule has 0 heterocycles. The lowest BCUT2D eigenvalue weighted by molar-refractivity contribution is -0.385. The van der Waals surface area contributed by atoms with Gasteiger partial charge in [-0.2, -0.15) is 0 Å². The monoisotopic (exact) mass is 276 g/mol. The van der Waals surface area contributed by atoms with Crippen molar-refractivity contribution >= 4 is 11.4 Å². The highest BCUT2D eigenvalue weighted by molar-refractivity contribution is 5.57. The van der Waals surface area contributed by atoms with Gasteiger partial charge in [-0.25, -0.2) is 4.39 Å². The maximum absolute atomic E-state index is 13.1. The molecule has 0 bridgehead atoms. The molecule has 0 saturated carbocycles. The molecule has 0 radical (unpaired) electrons. The van der Waals surface area contributed by atoms with Crippen LogP contribution in [0.25, 0.3) is 0 Å². The van der Waals surface area contributed by atoms with Crippen LogP contribution < -0.4 is 10.1 Å². The van der Waals surface area contributed by atoms with Crippen LogP contribution in [-0.2, 0) is 6.54 Å². The fourth-order valence-electron chi connectivity index (χ4n) is 1.84. The zero-order chi connectivity index (χ0) is 14.5. The van der Waals surface area contributed by atoms with Gasteiger partial charge in [0.05, 0.1) is 17.7 Å².